The van der Waals surface area contributed by atoms with Crippen LogP contribution in [-0.2, 0) is 11.2 Å². The maximum absolute atomic E-state index is 13.0. The quantitative estimate of drug-likeness (QED) is 0.776. The van der Waals surface area contributed by atoms with Crippen LogP contribution in [0, 0.1) is 12.0 Å². The van der Waals surface area contributed by atoms with Crippen LogP contribution in [-0.4, -0.2) is 45.1 Å². The fourth-order valence-corrected chi connectivity index (χ4v) is 4.53. The van der Waals surface area contributed by atoms with E-state index in [1.807, 2.05) is 24.3 Å². The monoisotopic (exact) mass is 405 g/mol. The molecular formula is C20H17N6O2S+. The second-order valence-electron chi connectivity index (χ2n) is 7.21. The molecule has 1 saturated carbocycles. The van der Waals surface area contributed by atoms with Gasteiger partial charge < -0.3 is 5.32 Å². The lowest BCUT2D eigenvalue weighted by molar-refractivity contribution is -0.120. The first-order valence-corrected chi connectivity index (χ1v) is 10.1. The van der Waals surface area contributed by atoms with Crippen molar-refractivity contribution in [1.29, 1.82) is 0 Å². The van der Waals surface area contributed by atoms with E-state index in [0.717, 1.165) is 22.7 Å². The van der Waals surface area contributed by atoms with Crippen molar-refractivity contribution in [3.05, 3.63) is 64.1 Å². The van der Waals surface area contributed by atoms with Gasteiger partial charge in [0.25, 0.3) is 11.8 Å². The Morgan fingerprint density at radius 2 is 2.21 bits per heavy atom. The Labute approximate surface area is 171 Å². The van der Waals surface area contributed by atoms with E-state index in [1.165, 1.54) is 16.2 Å². The summed E-state index contributed by atoms with van der Waals surface area (Å²) in [4.78, 5) is 35.9. The van der Waals surface area contributed by atoms with E-state index in [0.29, 0.717) is 12.2 Å². The Morgan fingerprint density at radius 1 is 1.34 bits per heavy atom. The molecule has 8 nitrogen and oxygen atoms in total. The second-order valence-corrected chi connectivity index (χ2v) is 8.27. The van der Waals surface area contributed by atoms with Crippen molar-refractivity contribution in [2.75, 3.05) is 11.9 Å². The van der Waals surface area contributed by atoms with Gasteiger partial charge in [0, 0.05) is 31.4 Å². The highest BCUT2D eigenvalue weighted by Crippen LogP contribution is 2.53. The summed E-state index contributed by atoms with van der Waals surface area (Å²) in [7, 11) is 1.67. The lowest BCUT2D eigenvalue weighted by Crippen LogP contribution is -2.48. The topological polar surface area (TPSA) is 101 Å². The fraction of sp³-hybridized carbons (Fsp3) is 0.300. The smallest absolute Gasteiger partial charge is 0.282 e. The Bertz CT molecular complexity index is 1090. The third-order valence-corrected chi connectivity index (χ3v) is 6.25. The third-order valence-electron chi connectivity index (χ3n) is 5.33. The number of allylic oxidation sites excluding steroid dienone is 6. The predicted octanol–water partition coefficient (Wildman–Crippen LogP) is 1.60. The van der Waals surface area contributed by atoms with Gasteiger partial charge in [0.2, 0.25) is 5.01 Å². The molecule has 29 heavy (non-hydrogen) atoms. The molecule has 3 aliphatic rings. The first-order chi connectivity index (χ1) is 14.1. The standard InChI is InChI=1S/C20H16N6O2S/c1-26-17-15(21-7-8-22-17)12-10-13(12)16(20(26)28)23-18(27)19-25-24-14(29-19)9-11-5-3-2-4-6-11/h3-8,12-13,16H,9-10H2,1H3/p+1/t12-,13+,16+/m1/s1. The van der Waals surface area contributed by atoms with Crippen LogP contribution in [0.4, 0.5) is 5.82 Å². The van der Waals surface area contributed by atoms with E-state index in [9.17, 15) is 9.59 Å². The number of hydrogen-bond donors (Lipinski definition) is 1. The lowest BCUT2D eigenvalue weighted by Gasteiger charge is -2.22. The second kappa shape index (κ2) is 6.95. The zero-order valence-corrected chi connectivity index (χ0v) is 16.4. The lowest BCUT2D eigenvalue weighted by atomic mass is 10.1. The molecule has 2 amide bonds. The SMILES string of the molecule is CN1C(=O)[C@@H](NC(=O)c2nnc(CC3=CC=[C+]C=C3)s2)[C@H]2C[C@H]2c2nccnc21. The maximum Gasteiger partial charge on any atom is 0.282 e. The van der Waals surface area contributed by atoms with Crippen molar-refractivity contribution in [1.82, 2.24) is 25.5 Å². The summed E-state index contributed by atoms with van der Waals surface area (Å²) in [5.41, 5.74) is 1.90. The minimum absolute atomic E-state index is 0.0276. The molecule has 0 unspecified atom stereocenters. The minimum Gasteiger partial charge on any atom is -0.338 e. The van der Waals surface area contributed by atoms with Crippen LogP contribution >= 0.6 is 11.3 Å². The van der Waals surface area contributed by atoms with Gasteiger partial charge in [-0.1, -0.05) is 11.3 Å². The maximum atomic E-state index is 13.0. The Hall–Kier alpha value is -3.29. The fourth-order valence-electron chi connectivity index (χ4n) is 3.76. The molecule has 3 atom stereocenters. The summed E-state index contributed by atoms with van der Waals surface area (Å²) in [5, 5.41) is 12.0. The van der Waals surface area contributed by atoms with Crippen LogP contribution in [0.5, 0.6) is 0 Å². The molecule has 144 valence electrons. The van der Waals surface area contributed by atoms with Gasteiger partial charge >= 0.3 is 0 Å². The van der Waals surface area contributed by atoms with Crippen molar-refractivity contribution in [3.8, 4) is 0 Å². The number of fused-ring (bicyclic) bond motifs is 3. The Kier molecular flexibility index (Phi) is 4.26. The number of aromatic nitrogens is 4. The average molecular weight is 405 g/mol. The van der Waals surface area contributed by atoms with Crippen LogP contribution in [0.2, 0.25) is 0 Å². The van der Waals surface area contributed by atoms with Crippen LogP contribution in [0.3, 0.4) is 0 Å². The molecule has 9 heteroatoms. The molecule has 1 N–H and O–H groups in total. The van der Waals surface area contributed by atoms with Crippen molar-refractivity contribution >= 4 is 29.0 Å². The van der Waals surface area contributed by atoms with Gasteiger partial charge in [0.15, 0.2) is 5.82 Å². The van der Waals surface area contributed by atoms with E-state index in [1.54, 1.807) is 19.4 Å². The van der Waals surface area contributed by atoms with E-state index < -0.39 is 6.04 Å². The van der Waals surface area contributed by atoms with Crippen molar-refractivity contribution in [3.63, 3.8) is 0 Å². The molecule has 0 spiro atoms. The molecule has 0 radical (unpaired) electrons. The van der Waals surface area contributed by atoms with Crippen molar-refractivity contribution in [2.45, 2.75) is 24.8 Å². The number of carbonyl (C=O) groups excluding carboxylic acids is 2. The number of likely N-dealkylation sites (N-methyl/N-ethyl adjacent to an activating group) is 1. The first kappa shape index (κ1) is 17.8. The highest BCUT2D eigenvalue weighted by atomic mass is 32.1. The first-order valence-electron chi connectivity index (χ1n) is 9.28. The van der Waals surface area contributed by atoms with E-state index >= 15 is 0 Å². The molecule has 0 bridgehead atoms. The summed E-state index contributed by atoms with van der Waals surface area (Å²) < 4.78 is 0. The number of rotatable bonds is 4. The van der Waals surface area contributed by atoms with E-state index in [2.05, 4.69) is 31.6 Å². The molecular weight excluding hydrogens is 388 g/mol. The minimum atomic E-state index is -0.620. The van der Waals surface area contributed by atoms with Gasteiger partial charge in [-0.3, -0.25) is 19.5 Å². The molecule has 0 aromatic carbocycles. The number of nitrogens with zero attached hydrogens (tertiary/aromatic N) is 5. The number of anilines is 1. The van der Waals surface area contributed by atoms with Gasteiger partial charge in [-0.05, 0) is 12.3 Å². The number of hydrogen-bond acceptors (Lipinski definition) is 7. The van der Waals surface area contributed by atoms with Crippen molar-refractivity contribution < 1.29 is 9.59 Å². The summed E-state index contributed by atoms with van der Waals surface area (Å²) in [6, 6.07) is -0.620. The molecule has 1 aliphatic heterocycles. The summed E-state index contributed by atoms with van der Waals surface area (Å²) in [6.45, 7) is 0. The van der Waals surface area contributed by atoms with Gasteiger partial charge in [0.1, 0.15) is 23.2 Å². The average Bonchev–Trinajstić information content (AvgIpc) is 3.41. The molecule has 1 fully saturated rings. The molecule has 2 aromatic rings. The predicted molar refractivity (Wildman–Crippen MR) is 106 cm³/mol. The van der Waals surface area contributed by atoms with Crippen LogP contribution in [0.25, 0.3) is 0 Å². The van der Waals surface area contributed by atoms with Crippen molar-refractivity contribution in [2.24, 2.45) is 5.92 Å². The Morgan fingerprint density at radius 3 is 3.03 bits per heavy atom. The third kappa shape index (κ3) is 3.24. The number of nitrogens with one attached hydrogen (secondary N) is 1. The summed E-state index contributed by atoms with van der Waals surface area (Å²) >= 11 is 1.24. The highest BCUT2D eigenvalue weighted by molar-refractivity contribution is 7.13. The van der Waals surface area contributed by atoms with Crippen LogP contribution in [0.15, 0.2) is 42.3 Å². The van der Waals surface area contributed by atoms with Crippen LogP contribution in [0.1, 0.15) is 32.8 Å². The number of carbonyl (C=O) groups is 2. The zero-order chi connectivity index (χ0) is 20.0. The molecule has 2 aliphatic carbocycles. The highest BCUT2D eigenvalue weighted by Gasteiger charge is 2.53. The number of amides is 2. The van der Waals surface area contributed by atoms with E-state index in [4.69, 9.17) is 0 Å². The largest absolute Gasteiger partial charge is 0.338 e. The van der Waals surface area contributed by atoms with Gasteiger partial charge in [-0.2, -0.15) is 0 Å². The van der Waals surface area contributed by atoms with Gasteiger partial charge in [-0.15, -0.1) is 10.2 Å². The zero-order valence-electron chi connectivity index (χ0n) is 15.6. The molecule has 0 saturated heterocycles. The van der Waals surface area contributed by atoms with E-state index in [-0.39, 0.29) is 28.7 Å². The molecule has 3 heterocycles. The Balaban J connectivity index is 1.32. The van der Waals surface area contributed by atoms with Gasteiger partial charge in [-0.25, -0.2) is 4.98 Å². The van der Waals surface area contributed by atoms with Gasteiger partial charge in [0.05, 0.1) is 29.8 Å². The summed E-state index contributed by atoms with van der Waals surface area (Å²) in [6.07, 6.45) is 15.2. The summed E-state index contributed by atoms with van der Waals surface area (Å²) in [5.74, 6) is 0.174. The normalized spacial score (nSPS) is 24.2. The molecule has 2 aromatic heterocycles. The molecule has 5 rings (SSSR count). The van der Waals surface area contributed by atoms with Crippen LogP contribution < -0.4 is 10.2 Å².